The number of nitrogens with one attached hydrogen (secondary N) is 1. The van der Waals surface area contributed by atoms with Gasteiger partial charge in [0.15, 0.2) is 5.65 Å². The molecule has 0 aliphatic heterocycles. The molecule has 26 heavy (non-hydrogen) atoms. The number of nitrogens with zero attached hydrogens (tertiary/aromatic N) is 4. The minimum Gasteiger partial charge on any atom is -0.492 e. The third kappa shape index (κ3) is 2.97. The Morgan fingerprint density at radius 2 is 1.85 bits per heavy atom. The number of aromatic nitrogens is 4. The number of fused-ring (bicyclic) bond motifs is 1. The highest BCUT2D eigenvalue weighted by atomic mass is 16.5. The van der Waals surface area contributed by atoms with E-state index in [2.05, 4.69) is 39.4 Å². The van der Waals surface area contributed by atoms with Gasteiger partial charge in [0.05, 0.1) is 29.6 Å². The average Bonchev–Trinajstić information content (AvgIpc) is 3.09. The molecule has 6 heteroatoms. The van der Waals surface area contributed by atoms with Gasteiger partial charge >= 0.3 is 0 Å². The Kier molecular flexibility index (Phi) is 4.23. The Labute approximate surface area is 151 Å². The average molecular weight is 345 g/mol. The Bertz CT molecular complexity index is 1040. The van der Waals surface area contributed by atoms with Crippen molar-refractivity contribution >= 4 is 22.5 Å². The summed E-state index contributed by atoms with van der Waals surface area (Å²) in [4.78, 5) is 8.81. The van der Waals surface area contributed by atoms with Gasteiger partial charge in [-0.05, 0) is 38.1 Å². The van der Waals surface area contributed by atoms with Gasteiger partial charge < -0.3 is 10.1 Å². The summed E-state index contributed by atoms with van der Waals surface area (Å²) in [5, 5.41) is 8.69. The van der Waals surface area contributed by atoms with Gasteiger partial charge in [-0.3, -0.25) is 0 Å². The summed E-state index contributed by atoms with van der Waals surface area (Å²) in [6.07, 6.45) is 3.32. The van der Waals surface area contributed by atoms with Gasteiger partial charge in [-0.1, -0.05) is 29.8 Å². The Balaban J connectivity index is 1.75. The second-order valence-electron chi connectivity index (χ2n) is 5.91. The van der Waals surface area contributed by atoms with E-state index < -0.39 is 0 Å². The van der Waals surface area contributed by atoms with Crippen LogP contribution in [0, 0.1) is 6.92 Å². The number of benzene rings is 2. The molecule has 0 saturated heterocycles. The number of rotatable bonds is 5. The lowest BCUT2D eigenvalue weighted by molar-refractivity contribution is 0.342. The maximum absolute atomic E-state index is 5.68. The normalized spacial score (nSPS) is 10.8. The van der Waals surface area contributed by atoms with Crippen LogP contribution in [0.25, 0.3) is 16.7 Å². The smallest absolute Gasteiger partial charge is 0.168 e. The van der Waals surface area contributed by atoms with Crippen LogP contribution < -0.4 is 10.1 Å². The first-order valence-corrected chi connectivity index (χ1v) is 8.51. The summed E-state index contributed by atoms with van der Waals surface area (Å²) < 4.78 is 7.50. The molecular formula is C20H19N5O. The monoisotopic (exact) mass is 345 g/mol. The minimum atomic E-state index is 0.600. The molecule has 0 aliphatic carbocycles. The van der Waals surface area contributed by atoms with Crippen LogP contribution in [0.15, 0.2) is 61.1 Å². The lowest BCUT2D eigenvalue weighted by Gasteiger charge is -2.12. The molecule has 0 amide bonds. The highest BCUT2D eigenvalue weighted by Gasteiger charge is 2.12. The summed E-state index contributed by atoms with van der Waals surface area (Å²) >= 11 is 0. The van der Waals surface area contributed by atoms with E-state index in [1.807, 2.05) is 48.0 Å². The lowest BCUT2D eigenvalue weighted by atomic mass is 10.2. The van der Waals surface area contributed by atoms with Gasteiger partial charge in [0.25, 0.3) is 0 Å². The van der Waals surface area contributed by atoms with Gasteiger partial charge in [0.2, 0.25) is 0 Å². The first-order chi connectivity index (χ1) is 12.8. The van der Waals surface area contributed by atoms with Crippen LogP contribution in [0.5, 0.6) is 5.75 Å². The van der Waals surface area contributed by atoms with E-state index in [4.69, 9.17) is 4.74 Å². The van der Waals surface area contributed by atoms with Crippen molar-refractivity contribution in [2.75, 3.05) is 11.9 Å². The van der Waals surface area contributed by atoms with Crippen molar-refractivity contribution < 1.29 is 4.74 Å². The fourth-order valence-electron chi connectivity index (χ4n) is 2.80. The number of aryl methyl sites for hydroxylation is 1. The molecular weight excluding hydrogens is 326 g/mol. The van der Waals surface area contributed by atoms with Crippen molar-refractivity contribution in [3.63, 3.8) is 0 Å². The molecule has 0 saturated carbocycles. The molecule has 0 bridgehead atoms. The molecule has 0 radical (unpaired) electrons. The molecule has 0 spiro atoms. The fourth-order valence-corrected chi connectivity index (χ4v) is 2.80. The standard InChI is InChI=1S/C20H19N5O/c1-3-26-18-7-5-4-6-17(18)24-19-16-12-23-25(20(16)22-13-21-19)15-10-8-14(2)9-11-15/h4-13H,3H2,1-2H3,(H,21,22,24). The molecule has 2 aromatic carbocycles. The molecule has 0 fully saturated rings. The van der Waals surface area contributed by atoms with E-state index in [0.29, 0.717) is 12.4 Å². The SMILES string of the molecule is CCOc1ccccc1Nc1ncnc2c1cnn2-c1ccc(C)cc1. The third-order valence-corrected chi connectivity index (χ3v) is 4.08. The van der Waals surface area contributed by atoms with E-state index >= 15 is 0 Å². The summed E-state index contributed by atoms with van der Waals surface area (Å²) in [5.41, 5.74) is 3.78. The quantitative estimate of drug-likeness (QED) is 0.585. The number of anilines is 2. The van der Waals surface area contributed by atoms with E-state index in [1.165, 1.54) is 5.56 Å². The Hall–Kier alpha value is -3.41. The van der Waals surface area contributed by atoms with Crippen molar-refractivity contribution in [2.24, 2.45) is 0 Å². The largest absolute Gasteiger partial charge is 0.492 e. The van der Waals surface area contributed by atoms with E-state index in [9.17, 15) is 0 Å². The van der Waals surface area contributed by atoms with Crippen LogP contribution in [0.4, 0.5) is 11.5 Å². The highest BCUT2D eigenvalue weighted by Crippen LogP contribution is 2.30. The second kappa shape index (κ2) is 6.84. The van der Waals surface area contributed by atoms with Crippen molar-refractivity contribution in [1.29, 1.82) is 0 Å². The molecule has 0 atom stereocenters. The van der Waals surface area contributed by atoms with Crippen LogP contribution >= 0.6 is 0 Å². The van der Waals surface area contributed by atoms with Crippen molar-refractivity contribution in [2.45, 2.75) is 13.8 Å². The zero-order chi connectivity index (χ0) is 17.9. The first kappa shape index (κ1) is 16.1. The number of para-hydroxylation sites is 2. The molecule has 0 unspecified atom stereocenters. The van der Waals surface area contributed by atoms with Crippen LogP contribution in [0.1, 0.15) is 12.5 Å². The number of hydrogen-bond acceptors (Lipinski definition) is 5. The molecule has 4 aromatic rings. The van der Waals surface area contributed by atoms with Crippen LogP contribution in [0.3, 0.4) is 0 Å². The van der Waals surface area contributed by atoms with E-state index in [1.54, 1.807) is 12.5 Å². The molecule has 6 nitrogen and oxygen atoms in total. The molecule has 1 N–H and O–H groups in total. The van der Waals surface area contributed by atoms with Crippen LogP contribution in [0.2, 0.25) is 0 Å². The van der Waals surface area contributed by atoms with Gasteiger partial charge in [-0.2, -0.15) is 5.10 Å². The molecule has 2 heterocycles. The molecule has 2 aromatic heterocycles. The van der Waals surface area contributed by atoms with Crippen molar-refractivity contribution in [1.82, 2.24) is 19.7 Å². The predicted molar refractivity (Wildman–Crippen MR) is 102 cm³/mol. The summed E-state index contributed by atoms with van der Waals surface area (Å²) in [6, 6.07) is 16.0. The van der Waals surface area contributed by atoms with Gasteiger partial charge in [-0.25, -0.2) is 14.6 Å². The molecule has 130 valence electrons. The summed E-state index contributed by atoms with van der Waals surface area (Å²) in [5.74, 6) is 1.48. The fraction of sp³-hybridized carbons (Fsp3) is 0.150. The van der Waals surface area contributed by atoms with Crippen molar-refractivity contribution in [3.8, 4) is 11.4 Å². The van der Waals surface area contributed by atoms with Crippen LogP contribution in [-0.2, 0) is 0 Å². The highest BCUT2D eigenvalue weighted by molar-refractivity contribution is 5.89. The maximum Gasteiger partial charge on any atom is 0.168 e. The number of hydrogen-bond donors (Lipinski definition) is 1. The van der Waals surface area contributed by atoms with Crippen LogP contribution in [-0.4, -0.2) is 26.4 Å². The lowest BCUT2D eigenvalue weighted by Crippen LogP contribution is -2.01. The summed E-state index contributed by atoms with van der Waals surface area (Å²) in [7, 11) is 0. The van der Waals surface area contributed by atoms with E-state index in [-0.39, 0.29) is 0 Å². The van der Waals surface area contributed by atoms with Gasteiger partial charge in [0, 0.05) is 0 Å². The maximum atomic E-state index is 5.68. The summed E-state index contributed by atoms with van der Waals surface area (Å²) in [6.45, 7) is 4.62. The van der Waals surface area contributed by atoms with E-state index in [0.717, 1.165) is 28.2 Å². The Morgan fingerprint density at radius 3 is 2.65 bits per heavy atom. The predicted octanol–water partition coefficient (Wildman–Crippen LogP) is 4.27. The molecule has 0 aliphatic rings. The third-order valence-electron chi connectivity index (χ3n) is 4.08. The Morgan fingerprint density at radius 1 is 1.04 bits per heavy atom. The first-order valence-electron chi connectivity index (χ1n) is 8.51. The zero-order valence-corrected chi connectivity index (χ0v) is 14.7. The zero-order valence-electron chi connectivity index (χ0n) is 14.7. The van der Waals surface area contributed by atoms with Crippen molar-refractivity contribution in [3.05, 3.63) is 66.6 Å². The second-order valence-corrected chi connectivity index (χ2v) is 5.91. The molecule has 4 rings (SSSR count). The van der Waals surface area contributed by atoms with Gasteiger partial charge in [-0.15, -0.1) is 0 Å². The minimum absolute atomic E-state index is 0.600. The topological polar surface area (TPSA) is 64.9 Å². The van der Waals surface area contributed by atoms with Gasteiger partial charge in [0.1, 0.15) is 17.9 Å². The number of ether oxygens (including phenoxy) is 1.